The van der Waals surface area contributed by atoms with Gasteiger partial charge >= 0.3 is 5.97 Å². The van der Waals surface area contributed by atoms with E-state index in [1.165, 1.54) is 31.9 Å². The summed E-state index contributed by atoms with van der Waals surface area (Å²) in [6.07, 6.45) is 9.41. The van der Waals surface area contributed by atoms with E-state index in [1.54, 1.807) is 22.2 Å². The molecule has 3 heterocycles. The molecule has 144 valence electrons. The second kappa shape index (κ2) is 7.42. The molecule has 2 aromatic rings. The van der Waals surface area contributed by atoms with Crippen molar-refractivity contribution in [2.24, 2.45) is 0 Å². The van der Waals surface area contributed by atoms with Gasteiger partial charge in [-0.15, -0.1) is 11.3 Å². The Balaban J connectivity index is 1.40. The fraction of sp³-hybridized carbons (Fsp3) is 0.579. The van der Waals surface area contributed by atoms with Gasteiger partial charge in [0.2, 0.25) is 0 Å². The van der Waals surface area contributed by atoms with Gasteiger partial charge in [-0.1, -0.05) is 12.8 Å². The molecule has 0 atom stereocenters. The highest BCUT2D eigenvalue weighted by molar-refractivity contribution is 7.13. The van der Waals surface area contributed by atoms with Crippen LogP contribution in [0, 0.1) is 6.92 Å². The van der Waals surface area contributed by atoms with Crippen LogP contribution in [0.25, 0.3) is 0 Å². The lowest BCUT2D eigenvalue weighted by molar-refractivity contribution is 0.0691. The van der Waals surface area contributed by atoms with Crippen LogP contribution in [0.3, 0.4) is 0 Å². The molecule has 1 saturated carbocycles. The maximum absolute atomic E-state index is 13.0. The summed E-state index contributed by atoms with van der Waals surface area (Å²) in [6.45, 7) is 3.25. The molecule has 8 heteroatoms. The molecule has 1 amide bonds. The number of aromatic nitrogens is 3. The fourth-order valence-electron chi connectivity index (χ4n) is 4.09. The third kappa shape index (κ3) is 3.63. The maximum Gasteiger partial charge on any atom is 0.338 e. The zero-order valence-electron chi connectivity index (χ0n) is 15.4. The number of aryl methyl sites for hydroxylation is 1. The number of nitrogens with zero attached hydrogens (tertiary/aromatic N) is 4. The van der Waals surface area contributed by atoms with E-state index in [0.29, 0.717) is 19.0 Å². The summed E-state index contributed by atoms with van der Waals surface area (Å²) in [5, 5.41) is 14.3. The summed E-state index contributed by atoms with van der Waals surface area (Å²) in [5.74, 6) is -0.351. The lowest BCUT2D eigenvalue weighted by Crippen LogP contribution is -2.39. The van der Waals surface area contributed by atoms with Crippen LogP contribution in [0.2, 0.25) is 0 Å². The second-order valence-corrected chi connectivity index (χ2v) is 8.52. The van der Waals surface area contributed by atoms with Gasteiger partial charge in [0.25, 0.3) is 5.91 Å². The highest BCUT2D eigenvalue weighted by Crippen LogP contribution is 2.37. The number of aromatic carboxylic acids is 1. The first-order valence-electron chi connectivity index (χ1n) is 9.57. The highest BCUT2D eigenvalue weighted by Gasteiger charge is 2.29. The first-order chi connectivity index (χ1) is 13.0. The molecule has 1 N–H and O–H groups in total. The van der Waals surface area contributed by atoms with Crippen molar-refractivity contribution in [2.75, 3.05) is 13.1 Å². The quantitative estimate of drug-likeness (QED) is 0.866. The molecule has 1 saturated heterocycles. The minimum Gasteiger partial charge on any atom is -0.478 e. The van der Waals surface area contributed by atoms with Gasteiger partial charge in [-0.25, -0.2) is 9.78 Å². The first kappa shape index (κ1) is 18.2. The van der Waals surface area contributed by atoms with Gasteiger partial charge in [-0.3, -0.25) is 9.48 Å². The van der Waals surface area contributed by atoms with E-state index < -0.39 is 5.97 Å². The Morgan fingerprint density at radius 2 is 1.89 bits per heavy atom. The van der Waals surface area contributed by atoms with Gasteiger partial charge < -0.3 is 10.0 Å². The van der Waals surface area contributed by atoms with Gasteiger partial charge in [0.15, 0.2) is 0 Å². The van der Waals surface area contributed by atoms with Crippen LogP contribution < -0.4 is 0 Å². The standard InChI is InChI=1S/C19H24N4O3S/c1-12-16(27-17(21-12)13-4-2-3-5-13)18(24)22-8-6-15(7-9-22)23-11-14(10-20-23)19(25)26/h10-11,13,15H,2-9H2,1H3,(H,25,26). The number of carbonyl (C=O) groups is 2. The number of thiazole rings is 1. The monoisotopic (exact) mass is 388 g/mol. The van der Waals surface area contributed by atoms with Gasteiger partial charge in [0.1, 0.15) is 4.88 Å². The van der Waals surface area contributed by atoms with Crippen LogP contribution >= 0.6 is 11.3 Å². The largest absolute Gasteiger partial charge is 0.478 e. The lowest BCUT2D eigenvalue weighted by atomic mass is 10.0. The zero-order chi connectivity index (χ0) is 19.0. The van der Waals surface area contributed by atoms with E-state index in [2.05, 4.69) is 5.10 Å². The summed E-state index contributed by atoms with van der Waals surface area (Å²) in [4.78, 5) is 31.4. The fourth-order valence-corrected chi connectivity index (χ4v) is 5.29. The molecule has 1 aliphatic heterocycles. The first-order valence-corrected chi connectivity index (χ1v) is 10.4. The summed E-state index contributed by atoms with van der Waals surface area (Å²) >= 11 is 1.58. The number of hydrogen-bond acceptors (Lipinski definition) is 5. The van der Waals surface area contributed by atoms with E-state index in [9.17, 15) is 9.59 Å². The maximum atomic E-state index is 13.0. The number of carbonyl (C=O) groups excluding carboxylic acids is 1. The Morgan fingerprint density at radius 3 is 2.52 bits per heavy atom. The number of hydrogen-bond donors (Lipinski definition) is 1. The minimum atomic E-state index is -0.965. The number of piperidine rings is 1. The third-order valence-electron chi connectivity index (χ3n) is 5.69. The number of carboxylic acids is 1. The molecule has 2 aromatic heterocycles. The summed E-state index contributed by atoms with van der Waals surface area (Å²) in [7, 11) is 0. The molecule has 27 heavy (non-hydrogen) atoms. The van der Waals surface area contributed by atoms with Crippen molar-refractivity contribution in [3.8, 4) is 0 Å². The Morgan fingerprint density at radius 1 is 1.19 bits per heavy atom. The van der Waals surface area contributed by atoms with Crippen LogP contribution in [0.4, 0.5) is 0 Å². The number of amides is 1. The average molecular weight is 388 g/mol. The lowest BCUT2D eigenvalue weighted by Gasteiger charge is -2.31. The van der Waals surface area contributed by atoms with Crippen LogP contribution in [0.5, 0.6) is 0 Å². The predicted molar refractivity (Wildman–Crippen MR) is 101 cm³/mol. The molecule has 0 spiro atoms. The molecule has 0 unspecified atom stereocenters. The van der Waals surface area contributed by atoms with Crippen molar-refractivity contribution in [3.63, 3.8) is 0 Å². The molecule has 2 fully saturated rings. The van der Waals surface area contributed by atoms with Gasteiger partial charge in [0.05, 0.1) is 28.5 Å². The van der Waals surface area contributed by atoms with Crippen molar-refractivity contribution in [1.29, 1.82) is 0 Å². The van der Waals surface area contributed by atoms with Crippen molar-refractivity contribution in [3.05, 3.63) is 33.5 Å². The minimum absolute atomic E-state index is 0.0828. The topological polar surface area (TPSA) is 88.3 Å². The van der Waals surface area contributed by atoms with Crippen LogP contribution in [0.15, 0.2) is 12.4 Å². The van der Waals surface area contributed by atoms with Crippen LogP contribution in [-0.4, -0.2) is 49.7 Å². The average Bonchev–Trinajstić information content (AvgIpc) is 3.41. The Hall–Kier alpha value is -2.22. The molecule has 1 aliphatic carbocycles. The van der Waals surface area contributed by atoms with E-state index in [0.717, 1.165) is 28.4 Å². The highest BCUT2D eigenvalue weighted by atomic mass is 32.1. The van der Waals surface area contributed by atoms with Crippen LogP contribution in [-0.2, 0) is 0 Å². The van der Waals surface area contributed by atoms with Crippen molar-refractivity contribution in [1.82, 2.24) is 19.7 Å². The molecular formula is C19H24N4O3S. The normalized spacial score (nSPS) is 18.9. The summed E-state index contributed by atoms with van der Waals surface area (Å²) < 4.78 is 1.72. The predicted octanol–water partition coefficient (Wildman–Crippen LogP) is 3.48. The van der Waals surface area contributed by atoms with Crippen molar-refractivity contribution in [2.45, 2.75) is 57.4 Å². The summed E-state index contributed by atoms with van der Waals surface area (Å²) in [6, 6.07) is 0.138. The number of rotatable bonds is 4. The van der Waals surface area contributed by atoms with Crippen molar-refractivity contribution >= 4 is 23.2 Å². The number of carboxylic acid groups (broad SMARTS) is 1. The smallest absolute Gasteiger partial charge is 0.338 e. The van der Waals surface area contributed by atoms with Crippen LogP contribution in [0.1, 0.15) is 81.2 Å². The molecule has 7 nitrogen and oxygen atoms in total. The Kier molecular flexibility index (Phi) is 4.99. The Bertz CT molecular complexity index is 845. The van der Waals surface area contributed by atoms with E-state index in [-0.39, 0.29) is 17.5 Å². The van der Waals surface area contributed by atoms with Crippen molar-refractivity contribution < 1.29 is 14.7 Å². The molecule has 4 rings (SSSR count). The van der Waals surface area contributed by atoms with E-state index in [4.69, 9.17) is 10.1 Å². The van der Waals surface area contributed by atoms with Gasteiger partial charge in [-0.2, -0.15) is 5.10 Å². The van der Waals surface area contributed by atoms with E-state index >= 15 is 0 Å². The molecular weight excluding hydrogens is 364 g/mol. The zero-order valence-corrected chi connectivity index (χ0v) is 16.2. The Labute approximate surface area is 162 Å². The third-order valence-corrected chi connectivity index (χ3v) is 6.99. The molecule has 0 bridgehead atoms. The van der Waals surface area contributed by atoms with Gasteiger partial charge in [0, 0.05) is 25.2 Å². The number of likely N-dealkylation sites (tertiary alicyclic amines) is 1. The molecule has 0 radical (unpaired) electrons. The molecule has 0 aromatic carbocycles. The van der Waals surface area contributed by atoms with Gasteiger partial charge in [-0.05, 0) is 32.6 Å². The second-order valence-electron chi connectivity index (χ2n) is 7.49. The van der Waals surface area contributed by atoms with E-state index in [1.807, 2.05) is 11.8 Å². The summed E-state index contributed by atoms with van der Waals surface area (Å²) in [5.41, 5.74) is 1.06. The SMILES string of the molecule is Cc1nc(C2CCCC2)sc1C(=O)N1CCC(n2cc(C(=O)O)cn2)CC1. The molecule has 2 aliphatic rings.